The zero-order valence-corrected chi connectivity index (χ0v) is 13.4. The monoisotopic (exact) mass is 351 g/mol. The normalized spacial score (nSPS) is 15.9. The number of non-ortho nitro benzene ring substituents is 1. The molecule has 1 saturated heterocycles. The maximum Gasteiger partial charge on any atom is 0.312 e. The van der Waals surface area contributed by atoms with Crippen LogP contribution in [0.1, 0.15) is 12.5 Å². The summed E-state index contributed by atoms with van der Waals surface area (Å²) in [4.78, 5) is 45.7. The van der Waals surface area contributed by atoms with Crippen molar-refractivity contribution < 1.29 is 24.0 Å². The quantitative estimate of drug-likeness (QED) is 0.470. The Labute approximate surface area is 140 Å². The van der Waals surface area contributed by atoms with Crippen molar-refractivity contribution in [1.29, 1.82) is 0 Å². The number of ether oxygens (including phenoxy) is 1. The van der Waals surface area contributed by atoms with E-state index in [4.69, 9.17) is 4.74 Å². The molecule has 1 fully saturated rings. The minimum atomic E-state index is -0.673. The maximum absolute atomic E-state index is 12.2. The molecule has 3 amide bonds. The summed E-state index contributed by atoms with van der Waals surface area (Å²) >= 11 is 0.662. The van der Waals surface area contributed by atoms with Gasteiger partial charge in [-0.3, -0.25) is 29.9 Å². The average Bonchev–Trinajstić information content (AvgIpc) is 2.81. The third-order valence-electron chi connectivity index (χ3n) is 2.87. The van der Waals surface area contributed by atoms with Gasteiger partial charge in [-0.15, -0.1) is 0 Å². The van der Waals surface area contributed by atoms with Crippen molar-refractivity contribution in [2.75, 3.05) is 13.2 Å². The molecule has 0 spiro atoms. The molecule has 10 heteroatoms. The van der Waals surface area contributed by atoms with E-state index in [1.165, 1.54) is 30.3 Å². The third-order valence-corrected chi connectivity index (χ3v) is 3.74. The number of amides is 3. The van der Waals surface area contributed by atoms with Gasteiger partial charge in [0.1, 0.15) is 6.61 Å². The number of rotatable bonds is 6. The van der Waals surface area contributed by atoms with Gasteiger partial charge in [0.25, 0.3) is 17.5 Å². The van der Waals surface area contributed by atoms with Crippen LogP contribution in [0.25, 0.3) is 6.08 Å². The highest BCUT2D eigenvalue weighted by atomic mass is 32.2. The van der Waals surface area contributed by atoms with Gasteiger partial charge in [0.2, 0.25) is 0 Å². The van der Waals surface area contributed by atoms with Crippen molar-refractivity contribution in [2.45, 2.75) is 6.92 Å². The molecule has 1 aromatic rings. The second kappa shape index (κ2) is 7.70. The lowest BCUT2D eigenvalue weighted by molar-refractivity contribution is -0.384. The molecule has 2 rings (SSSR count). The molecule has 1 aromatic carbocycles. The molecule has 1 heterocycles. The summed E-state index contributed by atoms with van der Waals surface area (Å²) in [5, 5.41) is 10.6. The van der Waals surface area contributed by atoms with Gasteiger partial charge in [-0.1, -0.05) is 0 Å². The summed E-state index contributed by atoms with van der Waals surface area (Å²) in [6.07, 6.45) is 1.42. The molecular weight excluding hydrogens is 338 g/mol. The molecule has 0 bridgehead atoms. The topological polar surface area (TPSA) is 119 Å². The van der Waals surface area contributed by atoms with Crippen molar-refractivity contribution in [3.63, 3.8) is 0 Å². The van der Waals surface area contributed by atoms with Crippen LogP contribution < -0.4 is 5.43 Å². The first-order chi connectivity index (χ1) is 11.4. The molecule has 0 saturated carbocycles. The number of imide groups is 1. The van der Waals surface area contributed by atoms with Crippen LogP contribution in [0.3, 0.4) is 0 Å². The van der Waals surface area contributed by atoms with Gasteiger partial charge >= 0.3 is 5.24 Å². The number of nitro groups is 1. The molecule has 0 atom stereocenters. The molecule has 1 aliphatic rings. The third kappa shape index (κ3) is 4.18. The standard InChI is InChI=1S/C14H13N3O6S/c1-2-23-8-12(18)15-16-13(19)11(24-14(16)20)7-9-3-5-10(6-4-9)17(21)22/h3-7H,2,8H2,1H3,(H,15,18)/b11-7+. The van der Waals surface area contributed by atoms with Crippen molar-refractivity contribution >= 4 is 40.6 Å². The van der Waals surface area contributed by atoms with Crippen molar-refractivity contribution in [3.8, 4) is 0 Å². The molecule has 1 aliphatic heterocycles. The molecule has 1 N–H and O–H groups in total. The van der Waals surface area contributed by atoms with Crippen LogP contribution in [0.5, 0.6) is 0 Å². The Morgan fingerprint density at radius 1 is 1.38 bits per heavy atom. The van der Waals surface area contributed by atoms with E-state index in [0.29, 0.717) is 28.9 Å². The van der Waals surface area contributed by atoms with Gasteiger partial charge in [-0.05, 0) is 42.5 Å². The van der Waals surface area contributed by atoms with Crippen LogP contribution in [0.15, 0.2) is 29.2 Å². The molecule has 9 nitrogen and oxygen atoms in total. The van der Waals surface area contributed by atoms with Crippen LogP contribution in [0.2, 0.25) is 0 Å². The number of nitrogens with zero attached hydrogens (tertiary/aromatic N) is 2. The summed E-state index contributed by atoms with van der Waals surface area (Å²) in [7, 11) is 0. The predicted octanol–water partition coefficient (Wildman–Crippen LogP) is 1.70. The van der Waals surface area contributed by atoms with E-state index >= 15 is 0 Å². The first kappa shape index (κ1) is 17.6. The summed E-state index contributed by atoms with van der Waals surface area (Å²) in [6, 6.07) is 5.50. The Kier molecular flexibility index (Phi) is 5.66. The summed E-state index contributed by atoms with van der Waals surface area (Å²) in [5.41, 5.74) is 2.61. The first-order valence-electron chi connectivity index (χ1n) is 6.82. The number of hydrogen-bond acceptors (Lipinski definition) is 7. The highest BCUT2D eigenvalue weighted by Gasteiger charge is 2.36. The molecule has 126 valence electrons. The SMILES string of the molecule is CCOCC(=O)NN1C(=O)S/C(=C/c2ccc([N+](=O)[O-])cc2)C1=O. The summed E-state index contributed by atoms with van der Waals surface area (Å²) in [6.45, 7) is 1.77. The fourth-order valence-corrected chi connectivity index (χ4v) is 2.54. The fourth-order valence-electron chi connectivity index (χ4n) is 1.76. The van der Waals surface area contributed by atoms with Crippen LogP contribution in [0, 0.1) is 10.1 Å². The zero-order valence-electron chi connectivity index (χ0n) is 12.6. The number of hydrogen-bond donors (Lipinski definition) is 1. The van der Waals surface area contributed by atoms with Gasteiger partial charge in [0, 0.05) is 18.7 Å². The van der Waals surface area contributed by atoms with Crippen molar-refractivity contribution in [1.82, 2.24) is 10.4 Å². The fraction of sp³-hybridized carbons (Fsp3) is 0.214. The zero-order chi connectivity index (χ0) is 17.7. The second-order valence-electron chi connectivity index (χ2n) is 4.54. The number of thioether (sulfide) groups is 1. The number of nitrogens with one attached hydrogen (secondary N) is 1. The second-order valence-corrected chi connectivity index (χ2v) is 5.53. The van der Waals surface area contributed by atoms with Crippen LogP contribution in [0.4, 0.5) is 10.5 Å². The highest BCUT2D eigenvalue weighted by Crippen LogP contribution is 2.31. The molecule has 0 aliphatic carbocycles. The van der Waals surface area contributed by atoms with Gasteiger partial charge in [-0.2, -0.15) is 5.01 Å². The Morgan fingerprint density at radius 2 is 2.04 bits per heavy atom. The van der Waals surface area contributed by atoms with Gasteiger partial charge in [0.15, 0.2) is 0 Å². The van der Waals surface area contributed by atoms with Crippen LogP contribution in [-0.4, -0.2) is 40.2 Å². The van der Waals surface area contributed by atoms with Gasteiger partial charge in [-0.25, -0.2) is 0 Å². The lowest BCUT2D eigenvalue weighted by atomic mass is 10.2. The minimum absolute atomic E-state index is 0.0801. The Hall–Kier alpha value is -2.72. The highest BCUT2D eigenvalue weighted by molar-refractivity contribution is 8.18. The Bertz CT molecular complexity index is 716. The van der Waals surface area contributed by atoms with E-state index in [1.807, 2.05) is 0 Å². The van der Waals surface area contributed by atoms with Crippen LogP contribution >= 0.6 is 11.8 Å². The lowest BCUT2D eigenvalue weighted by Crippen LogP contribution is -2.46. The van der Waals surface area contributed by atoms with Crippen molar-refractivity contribution in [2.24, 2.45) is 0 Å². The number of carbonyl (C=O) groups excluding carboxylic acids is 3. The van der Waals surface area contributed by atoms with E-state index in [9.17, 15) is 24.5 Å². The number of hydrazine groups is 1. The summed E-state index contributed by atoms with van der Waals surface area (Å²) in [5.74, 6) is -1.29. The van der Waals surface area contributed by atoms with Gasteiger partial charge < -0.3 is 4.74 Å². The lowest BCUT2D eigenvalue weighted by Gasteiger charge is -2.13. The van der Waals surface area contributed by atoms with Crippen molar-refractivity contribution in [3.05, 3.63) is 44.8 Å². The van der Waals surface area contributed by atoms with E-state index < -0.39 is 22.0 Å². The smallest absolute Gasteiger partial charge is 0.312 e. The number of carbonyl (C=O) groups is 3. The Balaban J connectivity index is 2.09. The van der Waals surface area contributed by atoms with E-state index in [2.05, 4.69) is 5.43 Å². The predicted molar refractivity (Wildman–Crippen MR) is 85.5 cm³/mol. The molecular formula is C14H13N3O6S. The van der Waals surface area contributed by atoms with E-state index in [1.54, 1.807) is 6.92 Å². The molecule has 0 aromatic heterocycles. The average molecular weight is 351 g/mol. The van der Waals surface area contributed by atoms with Crippen LogP contribution in [-0.2, 0) is 14.3 Å². The minimum Gasteiger partial charge on any atom is -0.372 e. The van der Waals surface area contributed by atoms with E-state index in [0.717, 1.165) is 0 Å². The van der Waals surface area contributed by atoms with E-state index in [-0.39, 0.29) is 17.2 Å². The number of benzene rings is 1. The molecule has 0 unspecified atom stereocenters. The van der Waals surface area contributed by atoms with Gasteiger partial charge in [0.05, 0.1) is 9.83 Å². The Morgan fingerprint density at radius 3 is 2.62 bits per heavy atom. The number of nitro benzene ring substituents is 1. The first-order valence-corrected chi connectivity index (χ1v) is 7.63. The molecule has 0 radical (unpaired) electrons. The summed E-state index contributed by atoms with van der Waals surface area (Å²) < 4.78 is 4.89. The largest absolute Gasteiger partial charge is 0.372 e. The maximum atomic E-state index is 12.2. The molecule has 24 heavy (non-hydrogen) atoms.